The summed E-state index contributed by atoms with van der Waals surface area (Å²) in [5.41, 5.74) is 0.935. The highest BCUT2D eigenvalue weighted by Gasteiger charge is 2.12. The zero-order valence-electron chi connectivity index (χ0n) is 15.2. The summed E-state index contributed by atoms with van der Waals surface area (Å²) >= 11 is 7.25. The van der Waals surface area contributed by atoms with Gasteiger partial charge in [-0.1, -0.05) is 22.9 Å². The lowest BCUT2D eigenvalue weighted by atomic mass is 10.3. The van der Waals surface area contributed by atoms with Gasteiger partial charge in [0.25, 0.3) is 5.91 Å². The molecule has 27 heavy (non-hydrogen) atoms. The number of aromatic nitrogens is 1. The topological polar surface area (TPSA) is 62.1 Å². The van der Waals surface area contributed by atoms with Crippen molar-refractivity contribution in [2.24, 2.45) is 4.99 Å². The maximum absolute atomic E-state index is 12.3. The number of halogens is 1. The molecule has 0 aliphatic heterocycles. The molecule has 1 aromatic heterocycles. The summed E-state index contributed by atoms with van der Waals surface area (Å²) < 4.78 is 19.1. The Morgan fingerprint density at radius 3 is 2.44 bits per heavy atom. The number of amides is 1. The van der Waals surface area contributed by atoms with Crippen LogP contribution in [0.25, 0.3) is 10.2 Å². The average Bonchev–Trinajstić information content (AvgIpc) is 3.01. The predicted octanol–water partition coefficient (Wildman–Crippen LogP) is 3.90. The Labute approximate surface area is 165 Å². The Morgan fingerprint density at radius 1 is 1.15 bits per heavy atom. The first-order valence-corrected chi connectivity index (χ1v) is 9.46. The first-order valence-electron chi connectivity index (χ1n) is 8.27. The van der Waals surface area contributed by atoms with Gasteiger partial charge in [-0.15, -0.1) is 0 Å². The van der Waals surface area contributed by atoms with Gasteiger partial charge in [0.15, 0.2) is 22.9 Å². The van der Waals surface area contributed by atoms with Gasteiger partial charge in [-0.05, 0) is 31.2 Å². The van der Waals surface area contributed by atoms with Crippen molar-refractivity contribution in [2.75, 3.05) is 20.8 Å². The Hall–Kier alpha value is -2.51. The summed E-state index contributed by atoms with van der Waals surface area (Å²) in [5, 5.41) is 0.610. The van der Waals surface area contributed by atoms with Crippen LogP contribution in [-0.4, -0.2) is 31.3 Å². The summed E-state index contributed by atoms with van der Waals surface area (Å²) in [4.78, 5) is 17.1. The van der Waals surface area contributed by atoms with Crippen LogP contribution < -0.4 is 19.0 Å². The number of hydrogen-bond donors (Lipinski definition) is 0. The second-order valence-corrected chi connectivity index (χ2v) is 7.00. The molecule has 1 amide bonds. The predicted molar refractivity (Wildman–Crippen MR) is 106 cm³/mol. The van der Waals surface area contributed by atoms with Gasteiger partial charge in [0.2, 0.25) is 0 Å². The molecule has 0 spiro atoms. The van der Waals surface area contributed by atoms with Gasteiger partial charge in [0, 0.05) is 23.7 Å². The fourth-order valence-corrected chi connectivity index (χ4v) is 3.85. The highest BCUT2D eigenvalue weighted by atomic mass is 35.5. The normalized spacial score (nSPS) is 11.6. The molecule has 6 nitrogen and oxygen atoms in total. The van der Waals surface area contributed by atoms with Gasteiger partial charge >= 0.3 is 0 Å². The number of carbonyl (C=O) groups excluding carboxylic acids is 1. The second kappa shape index (κ2) is 8.45. The van der Waals surface area contributed by atoms with Crippen LogP contribution in [0.3, 0.4) is 0 Å². The number of rotatable bonds is 6. The van der Waals surface area contributed by atoms with Crippen LogP contribution in [0.4, 0.5) is 0 Å². The van der Waals surface area contributed by atoms with Gasteiger partial charge in [-0.25, -0.2) is 0 Å². The molecule has 142 valence electrons. The number of carbonyl (C=O) groups is 1. The van der Waals surface area contributed by atoms with Gasteiger partial charge in [-0.2, -0.15) is 4.99 Å². The number of methoxy groups -OCH3 is 2. The van der Waals surface area contributed by atoms with Gasteiger partial charge < -0.3 is 18.8 Å². The minimum absolute atomic E-state index is 0.147. The van der Waals surface area contributed by atoms with Crippen molar-refractivity contribution in [1.82, 2.24) is 4.57 Å². The SMILES string of the molecule is CCn1c(=NC(=O)COc2ccc(Cl)cc2)sc2cc(OC)c(OC)cc21. The van der Waals surface area contributed by atoms with E-state index in [9.17, 15) is 4.79 Å². The van der Waals surface area contributed by atoms with Crippen molar-refractivity contribution in [3.8, 4) is 17.2 Å². The lowest BCUT2D eigenvalue weighted by Gasteiger charge is -2.08. The monoisotopic (exact) mass is 406 g/mol. The average molecular weight is 407 g/mol. The minimum Gasteiger partial charge on any atom is -0.493 e. The molecule has 0 saturated carbocycles. The number of nitrogens with zero attached hydrogens (tertiary/aromatic N) is 2. The molecule has 3 rings (SSSR count). The number of hydrogen-bond acceptors (Lipinski definition) is 5. The van der Waals surface area contributed by atoms with Crippen LogP contribution >= 0.6 is 22.9 Å². The number of benzene rings is 2. The van der Waals surface area contributed by atoms with E-state index in [1.807, 2.05) is 23.6 Å². The molecule has 0 unspecified atom stereocenters. The standard InChI is InChI=1S/C19H19ClN2O4S/c1-4-22-14-9-15(24-2)16(25-3)10-17(14)27-19(22)21-18(23)11-26-13-7-5-12(20)6-8-13/h5-10H,4,11H2,1-3H3. The summed E-state index contributed by atoms with van der Waals surface area (Å²) in [6, 6.07) is 10.6. The molecular formula is C19H19ClN2O4S. The van der Waals surface area contributed by atoms with Crippen LogP contribution in [0.5, 0.6) is 17.2 Å². The van der Waals surface area contributed by atoms with Gasteiger partial charge in [0.1, 0.15) is 5.75 Å². The Morgan fingerprint density at radius 2 is 1.81 bits per heavy atom. The Balaban J connectivity index is 1.89. The molecule has 0 fully saturated rings. The second-order valence-electron chi connectivity index (χ2n) is 5.55. The molecular weight excluding hydrogens is 388 g/mol. The van der Waals surface area contributed by atoms with Crippen molar-refractivity contribution in [2.45, 2.75) is 13.5 Å². The molecule has 3 aromatic rings. The van der Waals surface area contributed by atoms with E-state index in [1.54, 1.807) is 38.5 Å². The zero-order chi connectivity index (χ0) is 19.4. The molecule has 0 N–H and O–H groups in total. The lowest BCUT2D eigenvalue weighted by Crippen LogP contribution is -2.18. The lowest BCUT2D eigenvalue weighted by molar-refractivity contribution is -0.120. The number of fused-ring (bicyclic) bond motifs is 1. The molecule has 0 saturated heterocycles. The highest BCUT2D eigenvalue weighted by molar-refractivity contribution is 7.16. The van der Waals surface area contributed by atoms with E-state index in [4.69, 9.17) is 25.8 Å². The number of aryl methyl sites for hydroxylation is 1. The van der Waals surface area contributed by atoms with E-state index in [1.165, 1.54) is 11.3 Å². The molecule has 2 aromatic carbocycles. The van der Waals surface area contributed by atoms with Crippen LogP contribution in [0.15, 0.2) is 41.4 Å². The fraction of sp³-hybridized carbons (Fsp3) is 0.263. The van der Waals surface area contributed by atoms with Crippen molar-refractivity contribution in [3.63, 3.8) is 0 Å². The summed E-state index contributed by atoms with van der Waals surface area (Å²) in [5.74, 6) is 1.47. The third-order valence-corrected chi connectivity index (χ3v) is 5.19. The molecule has 0 aliphatic rings. The Bertz CT molecular complexity index is 1020. The van der Waals surface area contributed by atoms with E-state index < -0.39 is 0 Å². The summed E-state index contributed by atoms with van der Waals surface area (Å²) in [6.07, 6.45) is 0. The van der Waals surface area contributed by atoms with Crippen LogP contribution in [0.1, 0.15) is 6.92 Å². The smallest absolute Gasteiger partial charge is 0.286 e. The fourth-order valence-electron chi connectivity index (χ4n) is 2.60. The zero-order valence-corrected chi connectivity index (χ0v) is 16.8. The third-order valence-electron chi connectivity index (χ3n) is 3.90. The van der Waals surface area contributed by atoms with E-state index in [0.29, 0.717) is 33.6 Å². The van der Waals surface area contributed by atoms with Gasteiger partial charge in [0.05, 0.1) is 24.4 Å². The molecule has 0 bridgehead atoms. The summed E-state index contributed by atoms with van der Waals surface area (Å²) in [6.45, 7) is 2.52. The first-order chi connectivity index (χ1) is 13.0. The van der Waals surface area contributed by atoms with E-state index >= 15 is 0 Å². The van der Waals surface area contributed by atoms with E-state index in [2.05, 4.69) is 4.99 Å². The number of thiazole rings is 1. The van der Waals surface area contributed by atoms with Crippen molar-refractivity contribution in [3.05, 3.63) is 46.2 Å². The van der Waals surface area contributed by atoms with Crippen molar-refractivity contribution in [1.29, 1.82) is 0 Å². The molecule has 8 heteroatoms. The minimum atomic E-state index is -0.363. The first kappa shape index (κ1) is 19.3. The van der Waals surface area contributed by atoms with Crippen LogP contribution in [0.2, 0.25) is 5.02 Å². The maximum Gasteiger partial charge on any atom is 0.286 e. The van der Waals surface area contributed by atoms with Crippen molar-refractivity contribution >= 4 is 39.1 Å². The van der Waals surface area contributed by atoms with Crippen LogP contribution in [-0.2, 0) is 11.3 Å². The third kappa shape index (κ3) is 4.26. The maximum atomic E-state index is 12.3. The van der Waals surface area contributed by atoms with Gasteiger partial charge in [-0.3, -0.25) is 4.79 Å². The Kier molecular flexibility index (Phi) is 6.03. The van der Waals surface area contributed by atoms with E-state index in [0.717, 1.165) is 10.2 Å². The molecule has 0 atom stereocenters. The number of ether oxygens (including phenoxy) is 3. The van der Waals surface area contributed by atoms with Crippen LogP contribution in [0, 0.1) is 0 Å². The largest absolute Gasteiger partial charge is 0.493 e. The highest BCUT2D eigenvalue weighted by Crippen LogP contribution is 2.33. The molecule has 0 aliphatic carbocycles. The van der Waals surface area contributed by atoms with Crippen molar-refractivity contribution < 1.29 is 19.0 Å². The van der Waals surface area contributed by atoms with E-state index in [-0.39, 0.29) is 12.5 Å². The quantitative estimate of drug-likeness (QED) is 0.622. The molecule has 1 heterocycles. The molecule has 0 radical (unpaired) electrons. The summed E-state index contributed by atoms with van der Waals surface area (Å²) in [7, 11) is 3.18.